The van der Waals surface area contributed by atoms with Crippen molar-refractivity contribution in [3.8, 4) is 0 Å². The average Bonchev–Trinajstić information content (AvgIpc) is 3.29. The van der Waals surface area contributed by atoms with Crippen molar-refractivity contribution in [2.24, 2.45) is 11.8 Å². The second kappa shape index (κ2) is 47.9. The van der Waals surface area contributed by atoms with Crippen molar-refractivity contribution in [3.05, 3.63) is 0 Å². The molecule has 0 amide bonds. The third kappa shape index (κ3) is 39.4. The van der Waals surface area contributed by atoms with Crippen LogP contribution in [-0.2, 0) is 19.1 Å². The summed E-state index contributed by atoms with van der Waals surface area (Å²) in [6.07, 6.45) is 52.2. The lowest BCUT2D eigenvalue weighted by Gasteiger charge is -2.39. The van der Waals surface area contributed by atoms with E-state index in [9.17, 15) is 9.59 Å². The fourth-order valence-electron chi connectivity index (χ4n) is 10.0. The second-order valence-electron chi connectivity index (χ2n) is 21.1. The largest absolute Gasteiger partial charge is 0.465 e. The Balaban J connectivity index is 2.61. The minimum absolute atomic E-state index is 0.0173. The summed E-state index contributed by atoms with van der Waals surface area (Å²) in [5, 5.41) is 0. The molecule has 0 aromatic carbocycles. The highest BCUT2D eigenvalue weighted by atomic mass is 16.5. The zero-order chi connectivity index (χ0) is 47.1. The van der Waals surface area contributed by atoms with Crippen LogP contribution in [0.2, 0.25) is 0 Å². The molecule has 0 radical (unpaired) electrons. The van der Waals surface area contributed by atoms with Crippen molar-refractivity contribution in [3.63, 3.8) is 0 Å². The molecule has 1 aliphatic rings. The van der Waals surface area contributed by atoms with Gasteiger partial charge in [-0.25, -0.2) is 0 Å². The van der Waals surface area contributed by atoms with Crippen LogP contribution in [0, 0.1) is 11.8 Å². The number of rotatable bonds is 52. The Hall–Kier alpha value is -1.14. The Labute approximate surface area is 407 Å². The van der Waals surface area contributed by atoms with Gasteiger partial charge in [-0.3, -0.25) is 14.5 Å². The molecule has 0 aliphatic heterocycles. The van der Waals surface area contributed by atoms with E-state index in [1.54, 1.807) is 0 Å². The van der Waals surface area contributed by atoms with Gasteiger partial charge < -0.3 is 14.4 Å². The monoisotopic (exact) mass is 917 g/mol. The number of unbranched alkanes of at least 4 members (excludes halogenated alkanes) is 26. The van der Waals surface area contributed by atoms with E-state index >= 15 is 0 Å². The minimum atomic E-state index is 0.0173. The summed E-state index contributed by atoms with van der Waals surface area (Å²) >= 11 is 0. The molecule has 65 heavy (non-hydrogen) atoms. The quantitative estimate of drug-likeness (QED) is 0.0448. The van der Waals surface area contributed by atoms with E-state index in [4.69, 9.17) is 9.47 Å². The smallest absolute Gasteiger partial charge is 0.305 e. The van der Waals surface area contributed by atoms with Crippen LogP contribution in [0.4, 0.5) is 0 Å². The Bertz CT molecular complexity index is 945. The molecular formula is C59H116N2O4. The Morgan fingerprint density at radius 3 is 1.08 bits per heavy atom. The van der Waals surface area contributed by atoms with E-state index in [0.717, 1.165) is 64.2 Å². The first-order valence-electron chi connectivity index (χ1n) is 29.7. The first-order chi connectivity index (χ1) is 32.0. The topological polar surface area (TPSA) is 59.1 Å². The van der Waals surface area contributed by atoms with Gasteiger partial charge in [0.25, 0.3) is 0 Å². The zero-order valence-corrected chi connectivity index (χ0v) is 44.9. The van der Waals surface area contributed by atoms with Gasteiger partial charge in [0.1, 0.15) is 0 Å². The summed E-state index contributed by atoms with van der Waals surface area (Å²) in [5.74, 6) is 1.10. The lowest BCUT2D eigenvalue weighted by atomic mass is 9.91. The van der Waals surface area contributed by atoms with E-state index < -0.39 is 0 Å². The second-order valence-corrected chi connectivity index (χ2v) is 21.1. The van der Waals surface area contributed by atoms with Gasteiger partial charge in [0.05, 0.1) is 13.2 Å². The number of carbonyl (C=O) groups excluding carboxylic acids is 2. The molecule has 0 N–H and O–H groups in total. The maximum Gasteiger partial charge on any atom is 0.305 e. The van der Waals surface area contributed by atoms with E-state index in [1.807, 2.05) is 0 Å². The molecule has 0 bridgehead atoms. The van der Waals surface area contributed by atoms with Gasteiger partial charge in [-0.05, 0) is 102 Å². The van der Waals surface area contributed by atoms with E-state index in [1.165, 1.54) is 231 Å². The third-order valence-electron chi connectivity index (χ3n) is 14.9. The number of hydrogen-bond acceptors (Lipinski definition) is 6. The highest BCUT2D eigenvalue weighted by Gasteiger charge is 2.25. The number of carbonyl (C=O) groups is 2. The lowest BCUT2D eigenvalue weighted by Crippen LogP contribution is -2.45. The van der Waals surface area contributed by atoms with E-state index in [-0.39, 0.29) is 11.9 Å². The number of ether oxygens (including phenoxy) is 2. The number of esters is 2. The minimum Gasteiger partial charge on any atom is -0.465 e. The maximum absolute atomic E-state index is 12.9. The Kier molecular flexibility index (Phi) is 45.6. The van der Waals surface area contributed by atoms with Gasteiger partial charge >= 0.3 is 11.9 Å². The normalized spacial score (nSPS) is 14.0. The van der Waals surface area contributed by atoms with Gasteiger partial charge in [0.2, 0.25) is 0 Å². The number of nitrogens with zero attached hydrogens (tertiary/aromatic N) is 2. The van der Waals surface area contributed by atoms with Gasteiger partial charge in [-0.2, -0.15) is 0 Å². The molecule has 0 aromatic heterocycles. The summed E-state index contributed by atoms with van der Waals surface area (Å²) in [7, 11) is 0. The van der Waals surface area contributed by atoms with E-state index in [2.05, 4.69) is 44.4 Å². The van der Waals surface area contributed by atoms with Crippen LogP contribution in [-0.4, -0.2) is 73.7 Å². The summed E-state index contributed by atoms with van der Waals surface area (Å²) < 4.78 is 11.9. The van der Waals surface area contributed by atoms with Gasteiger partial charge in [-0.1, -0.05) is 221 Å². The first kappa shape index (κ1) is 61.9. The fourth-order valence-corrected chi connectivity index (χ4v) is 10.0. The predicted octanol–water partition coefficient (Wildman–Crippen LogP) is 17.8. The average molecular weight is 918 g/mol. The van der Waals surface area contributed by atoms with Gasteiger partial charge in [0.15, 0.2) is 0 Å². The SMILES string of the molecule is CCCCCCCCCN(CCN(CCCCCC(=O)OCC(CCCCCC)CCCCCCCC)CCCCCC(=O)OCC(CCCCCC)CCCCCCCC)C1CCC1. The van der Waals surface area contributed by atoms with Gasteiger partial charge in [0, 0.05) is 32.0 Å². The van der Waals surface area contributed by atoms with E-state index in [0.29, 0.717) is 37.9 Å². The van der Waals surface area contributed by atoms with Crippen LogP contribution in [0.3, 0.4) is 0 Å². The van der Waals surface area contributed by atoms with Crippen molar-refractivity contribution < 1.29 is 19.1 Å². The molecule has 0 heterocycles. The van der Waals surface area contributed by atoms with Crippen LogP contribution in [0.1, 0.15) is 304 Å². The molecular weight excluding hydrogens is 801 g/mol. The van der Waals surface area contributed by atoms with Crippen LogP contribution in [0.25, 0.3) is 0 Å². The van der Waals surface area contributed by atoms with Crippen molar-refractivity contribution in [1.29, 1.82) is 0 Å². The van der Waals surface area contributed by atoms with Crippen molar-refractivity contribution in [2.45, 2.75) is 310 Å². The third-order valence-corrected chi connectivity index (χ3v) is 14.9. The lowest BCUT2D eigenvalue weighted by molar-refractivity contribution is -0.146. The molecule has 6 nitrogen and oxygen atoms in total. The maximum atomic E-state index is 12.9. The summed E-state index contributed by atoms with van der Waals surface area (Å²) in [6.45, 7) is 18.4. The number of hydrogen-bond donors (Lipinski definition) is 0. The van der Waals surface area contributed by atoms with Crippen LogP contribution in [0.5, 0.6) is 0 Å². The van der Waals surface area contributed by atoms with Crippen LogP contribution >= 0.6 is 0 Å². The highest BCUT2D eigenvalue weighted by Crippen LogP contribution is 2.26. The molecule has 386 valence electrons. The standard InChI is InChI=1S/C59H116N2O4/c1-6-11-16-21-24-27-38-50-61(57-44-39-45-57)52-51-60(48-36-28-34-46-58(62)64-53-55(40-30-19-14-9-4)42-32-25-22-17-12-7-2)49-37-29-35-47-59(63)65-54-56(41-31-20-15-10-5)43-33-26-23-18-13-8-3/h55-57H,6-54H2,1-5H3. The molecule has 1 saturated carbocycles. The van der Waals surface area contributed by atoms with Crippen LogP contribution < -0.4 is 0 Å². The molecule has 0 aromatic rings. The van der Waals surface area contributed by atoms with Crippen molar-refractivity contribution in [2.75, 3.05) is 45.9 Å². The molecule has 1 aliphatic carbocycles. The van der Waals surface area contributed by atoms with Crippen molar-refractivity contribution >= 4 is 11.9 Å². The summed E-state index contributed by atoms with van der Waals surface area (Å²) in [5.41, 5.74) is 0. The summed E-state index contributed by atoms with van der Waals surface area (Å²) in [4.78, 5) is 31.4. The molecule has 0 spiro atoms. The van der Waals surface area contributed by atoms with Crippen molar-refractivity contribution in [1.82, 2.24) is 9.80 Å². The summed E-state index contributed by atoms with van der Waals surface area (Å²) in [6, 6.07) is 0.789. The zero-order valence-electron chi connectivity index (χ0n) is 44.9. The molecule has 1 rings (SSSR count). The fraction of sp³-hybridized carbons (Fsp3) is 0.966. The first-order valence-corrected chi connectivity index (χ1v) is 29.7. The Morgan fingerprint density at radius 2 is 0.708 bits per heavy atom. The molecule has 2 atom stereocenters. The van der Waals surface area contributed by atoms with Crippen LogP contribution in [0.15, 0.2) is 0 Å². The Morgan fingerprint density at radius 1 is 0.385 bits per heavy atom. The molecule has 0 saturated heterocycles. The van der Waals surface area contributed by atoms with Gasteiger partial charge in [-0.15, -0.1) is 0 Å². The molecule has 6 heteroatoms. The molecule has 1 fully saturated rings. The molecule has 2 unspecified atom stereocenters. The predicted molar refractivity (Wildman–Crippen MR) is 283 cm³/mol. The highest BCUT2D eigenvalue weighted by molar-refractivity contribution is 5.69.